The van der Waals surface area contributed by atoms with E-state index in [0.717, 1.165) is 11.7 Å². The Kier molecular flexibility index (Phi) is 5.62. The number of carbonyl (C=O) groups is 1. The molecule has 5 nitrogen and oxygen atoms in total. The van der Waals surface area contributed by atoms with E-state index in [1.54, 1.807) is 11.8 Å². The molecule has 1 saturated carbocycles. The van der Waals surface area contributed by atoms with E-state index < -0.39 is 12.0 Å². The smallest absolute Gasteiger partial charge is 0.320 e. The number of hydrogen-bond donors (Lipinski definition) is 3. The zero-order valence-corrected chi connectivity index (χ0v) is 10.1. The third-order valence-corrected chi connectivity index (χ3v) is 3.48. The molecule has 1 unspecified atom stereocenters. The van der Waals surface area contributed by atoms with Crippen LogP contribution in [-0.2, 0) is 4.79 Å². The number of hydrogen-bond acceptors (Lipinski definition) is 4. The van der Waals surface area contributed by atoms with Gasteiger partial charge >= 0.3 is 5.97 Å². The molecule has 0 aromatic rings. The summed E-state index contributed by atoms with van der Waals surface area (Å²) in [6.07, 6.45) is 3.74. The van der Waals surface area contributed by atoms with Crippen molar-refractivity contribution in [3.8, 4) is 0 Å². The van der Waals surface area contributed by atoms with Gasteiger partial charge in [-0.2, -0.15) is 0 Å². The van der Waals surface area contributed by atoms with Crippen molar-refractivity contribution in [3.63, 3.8) is 0 Å². The molecule has 0 aromatic heterocycles. The van der Waals surface area contributed by atoms with E-state index in [1.165, 1.54) is 12.8 Å². The number of carboxylic acids is 1. The zero-order valence-electron chi connectivity index (χ0n) is 9.26. The number of nitrogens with two attached hydrogens (primary N) is 2. The lowest BCUT2D eigenvalue weighted by atomic mass is 10.2. The van der Waals surface area contributed by atoms with Gasteiger partial charge in [-0.25, -0.2) is 0 Å². The van der Waals surface area contributed by atoms with Crippen molar-refractivity contribution in [2.45, 2.75) is 31.7 Å². The molecule has 0 aliphatic heterocycles. The van der Waals surface area contributed by atoms with Crippen molar-refractivity contribution < 1.29 is 9.90 Å². The predicted molar refractivity (Wildman–Crippen MR) is 66.5 cm³/mol. The summed E-state index contributed by atoms with van der Waals surface area (Å²) in [5, 5.41) is 9.16. The third-order valence-electron chi connectivity index (χ3n) is 2.42. The molecule has 16 heavy (non-hydrogen) atoms. The number of amidine groups is 1. The molecule has 1 fully saturated rings. The summed E-state index contributed by atoms with van der Waals surface area (Å²) in [5.41, 5.74) is 11.0. The molecule has 0 heterocycles. The van der Waals surface area contributed by atoms with E-state index >= 15 is 0 Å². The lowest BCUT2D eigenvalue weighted by Gasteiger charge is -2.04. The highest BCUT2D eigenvalue weighted by atomic mass is 32.2. The summed E-state index contributed by atoms with van der Waals surface area (Å²) in [6, 6.07) is -0.782. The molecule has 92 valence electrons. The second-order valence-corrected chi connectivity index (χ2v) is 5.10. The van der Waals surface area contributed by atoms with Gasteiger partial charge in [-0.15, -0.1) is 0 Å². The van der Waals surface area contributed by atoms with E-state index in [-0.39, 0.29) is 0 Å². The summed E-state index contributed by atoms with van der Waals surface area (Å²) in [5.74, 6) is 0.934. The quantitative estimate of drug-likeness (QED) is 0.347. The Hall–Kier alpha value is -0.750. The molecule has 0 bridgehead atoms. The zero-order chi connectivity index (χ0) is 12.0. The topological polar surface area (TPSA) is 102 Å². The van der Waals surface area contributed by atoms with Crippen molar-refractivity contribution in [3.05, 3.63) is 0 Å². The maximum atomic E-state index is 10.4. The molecule has 0 saturated heterocycles. The number of rotatable bonds is 7. The molecule has 0 spiro atoms. The standard InChI is InChI=1S/C10H19N3O2S/c11-8(9(14)15)2-1-5-13-10(12)16-6-7-3-4-7/h7-8H,1-6,11H2,(H2,12,13)(H,14,15). The molecular formula is C10H19N3O2S. The minimum Gasteiger partial charge on any atom is -0.480 e. The number of thioether (sulfide) groups is 1. The SMILES string of the molecule is NC(=NCCCC(N)C(=O)O)SCC1CC1. The van der Waals surface area contributed by atoms with Crippen LogP contribution in [0, 0.1) is 5.92 Å². The molecule has 6 heteroatoms. The second-order valence-electron chi connectivity index (χ2n) is 4.06. The van der Waals surface area contributed by atoms with E-state index in [4.69, 9.17) is 16.6 Å². The largest absolute Gasteiger partial charge is 0.480 e. The molecule has 5 N–H and O–H groups in total. The van der Waals surface area contributed by atoms with Crippen LogP contribution in [0.2, 0.25) is 0 Å². The summed E-state index contributed by atoms with van der Waals surface area (Å²) in [4.78, 5) is 14.6. The average molecular weight is 245 g/mol. The molecule has 1 atom stereocenters. The predicted octanol–water partition coefficient (Wildman–Crippen LogP) is 0.636. The van der Waals surface area contributed by atoms with Gasteiger partial charge in [0.15, 0.2) is 5.17 Å². The Morgan fingerprint density at radius 3 is 2.81 bits per heavy atom. The summed E-state index contributed by atoms with van der Waals surface area (Å²) in [6.45, 7) is 0.560. The maximum Gasteiger partial charge on any atom is 0.320 e. The monoisotopic (exact) mass is 245 g/mol. The summed E-state index contributed by atoms with van der Waals surface area (Å²) in [7, 11) is 0. The fourth-order valence-corrected chi connectivity index (χ4v) is 2.08. The first-order chi connectivity index (χ1) is 7.59. The first-order valence-electron chi connectivity index (χ1n) is 5.50. The van der Waals surface area contributed by atoms with E-state index in [2.05, 4.69) is 4.99 Å². The second kappa shape index (κ2) is 6.75. The highest BCUT2D eigenvalue weighted by molar-refractivity contribution is 8.13. The van der Waals surface area contributed by atoms with Gasteiger partial charge in [-0.05, 0) is 31.6 Å². The lowest BCUT2D eigenvalue weighted by molar-refractivity contribution is -0.138. The van der Waals surface area contributed by atoms with Gasteiger partial charge in [0.2, 0.25) is 0 Å². The number of aliphatic imine (C=N–C) groups is 1. The first kappa shape index (κ1) is 13.3. The normalized spacial score (nSPS) is 18.4. The minimum atomic E-state index is -0.958. The maximum absolute atomic E-state index is 10.4. The third kappa shape index (κ3) is 5.97. The van der Waals surface area contributed by atoms with Crippen LogP contribution in [0.15, 0.2) is 4.99 Å². The Bertz CT molecular complexity index is 267. The van der Waals surface area contributed by atoms with Gasteiger partial charge < -0.3 is 16.6 Å². The van der Waals surface area contributed by atoms with Crippen LogP contribution in [0.4, 0.5) is 0 Å². The Balaban J connectivity index is 2.02. The molecule has 1 aliphatic rings. The van der Waals surface area contributed by atoms with Crippen molar-refractivity contribution in [1.82, 2.24) is 0 Å². The van der Waals surface area contributed by atoms with Gasteiger partial charge in [0.25, 0.3) is 0 Å². The molecule has 1 aliphatic carbocycles. The number of carboxylic acid groups (broad SMARTS) is 1. The van der Waals surface area contributed by atoms with Crippen molar-refractivity contribution in [1.29, 1.82) is 0 Å². The Morgan fingerprint density at radius 2 is 2.25 bits per heavy atom. The molecule has 0 amide bonds. The van der Waals surface area contributed by atoms with Gasteiger partial charge in [-0.3, -0.25) is 9.79 Å². The van der Waals surface area contributed by atoms with E-state index in [9.17, 15) is 4.79 Å². The summed E-state index contributed by atoms with van der Waals surface area (Å²) >= 11 is 1.59. The molecule has 1 rings (SSSR count). The van der Waals surface area contributed by atoms with Crippen LogP contribution < -0.4 is 11.5 Å². The van der Waals surface area contributed by atoms with Crippen LogP contribution in [0.5, 0.6) is 0 Å². The van der Waals surface area contributed by atoms with Crippen LogP contribution >= 0.6 is 11.8 Å². The fraction of sp³-hybridized carbons (Fsp3) is 0.800. The highest BCUT2D eigenvalue weighted by Gasteiger charge is 2.21. The van der Waals surface area contributed by atoms with Crippen molar-refractivity contribution >= 4 is 22.9 Å². The Morgan fingerprint density at radius 1 is 1.56 bits per heavy atom. The fourth-order valence-electron chi connectivity index (χ4n) is 1.16. The Labute approximate surface area is 99.7 Å². The minimum absolute atomic E-state index is 0.444. The van der Waals surface area contributed by atoms with Crippen LogP contribution in [-0.4, -0.2) is 34.6 Å². The van der Waals surface area contributed by atoms with Gasteiger partial charge in [0.05, 0.1) is 0 Å². The highest BCUT2D eigenvalue weighted by Crippen LogP contribution is 2.32. The molecule has 0 radical (unpaired) electrons. The molecular weight excluding hydrogens is 226 g/mol. The van der Waals surface area contributed by atoms with Crippen LogP contribution in [0.1, 0.15) is 25.7 Å². The van der Waals surface area contributed by atoms with Gasteiger partial charge in [-0.1, -0.05) is 11.8 Å². The van der Waals surface area contributed by atoms with E-state index in [1.807, 2.05) is 0 Å². The summed E-state index contributed by atoms with van der Waals surface area (Å²) < 4.78 is 0. The van der Waals surface area contributed by atoms with Gasteiger partial charge in [0, 0.05) is 12.3 Å². The van der Waals surface area contributed by atoms with Crippen molar-refractivity contribution in [2.24, 2.45) is 22.4 Å². The molecule has 0 aromatic carbocycles. The number of aliphatic carboxylic acids is 1. The first-order valence-corrected chi connectivity index (χ1v) is 6.49. The average Bonchev–Trinajstić information content (AvgIpc) is 3.04. The van der Waals surface area contributed by atoms with Crippen LogP contribution in [0.3, 0.4) is 0 Å². The number of nitrogens with zero attached hydrogens (tertiary/aromatic N) is 1. The van der Waals surface area contributed by atoms with Gasteiger partial charge in [0.1, 0.15) is 6.04 Å². The van der Waals surface area contributed by atoms with Crippen LogP contribution in [0.25, 0.3) is 0 Å². The van der Waals surface area contributed by atoms with E-state index in [0.29, 0.717) is 24.6 Å². The lowest BCUT2D eigenvalue weighted by Crippen LogP contribution is -2.30. The van der Waals surface area contributed by atoms with Crippen molar-refractivity contribution in [2.75, 3.05) is 12.3 Å².